The minimum absolute atomic E-state index is 0.125. The number of hydrogen-bond acceptors (Lipinski definition) is 3. The maximum Gasteiger partial charge on any atom is 0.294 e. The van der Waals surface area contributed by atoms with E-state index in [9.17, 15) is 13.0 Å². The molecule has 0 aliphatic heterocycles. The third kappa shape index (κ3) is 7.47. The third-order valence-electron chi connectivity index (χ3n) is 7.68. The summed E-state index contributed by atoms with van der Waals surface area (Å²) in [4.78, 5) is 2.21. The van der Waals surface area contributed by atoms with Crippen molar-refractivity contribution in [3.63, 3.8) is 0 Å². The lowest BCUT2D eigenvalue weighted by Gasteiger charge is -2.24. The van der Waals surface area contributed by atoms with Gasteiger partial charge in [0, 0.05) is 36.5 Å². The fraction of sp³-hybridized carbons (Fsp3) is 0.162. The Morgan fingerprint density at radius 2 is 1.23 bits per heavy atom. The molecule has 1 aliphatic carbocycles. The highest BCUT2D eigenvalue weighted by atomic mass is 32.2. The van der Waals surface area contributed by atoms with Crippen LogP contribution in [0.25, 0.3) is 5.57 Å². The smallest absolute Gasteiger partial charge is 0.294 e. The number of hydrogen-bond donors (Lipinski definition) is 1. The Balaban J connectivity index is 1.51. The van der Waals surface area contributed by atoms with E-state index in [4.69, 9.17) is 0 Å². The summed E-state index contributed by atoms with van der Waals surface area (Å²) in [5.41, 5.74) is 8.66. The van der Waals surface area contributed by atoms with Gasteiger partial charge in [0.05, 0.1) is 4.90 Å². The van der Waals surface area contributed by atoms with Crippen LogP contribution in [-0.4, -0.2) is 36.3 Å². The first kappa shape index (κ1) is 30.0. The first-order valence-electron chi connectivity index (χ1n) is 14.6. The zero-order chi connectivity index (χ0) is 30.2. The molecule has 0 bridgehead atoms. The molecule has 5 nitrogen and oxygen atoms in total. The quantitative estimate of drug-likeness (QED) is 0.153. The topological polar surface area (TPSA) is 60.6 Å². The van der Waals surface area contributed by atoms with Crippen molar-refractivity contribution in [2.75, 3.05) is 18.0 Å². The molecule has 0 atom stereocenters. The Kier molecular flexibility index (Phi) is 9.50. The number of allylic oxidation sites excluding steroid dienone is 5. The molecule has 0 amide bonds. The SMILES string of the molecule is CCN(Cc1ccccc1)c1ccc(C(=C2C=CC(=[N+](CC)Cc3ccccc3)C=C2)c2ccc(S(=O)(=O)O)cc2)cc1. The van der Waals surface area contributed by atoms with Crippen LogP contribution >= 0.6 is 0 Å². The summed E-state index contributed by atoms with van der Waals surface area (Å²) in [5, 5.41) is 0. The van der Waals surface area contributed by atoms with Crippen molar-refractivity contribution >= 4 is 27.1 Å². The van der Waals surface area contributed by atoms with Gasteiger partial charge >= 0.3 is 0 Å². The van der Waals surface area contributed by atoms with Crippen molar-refractivity contribution in [2.45, 2.75) is 31.8 Å². The molecule has 4 aromatic carbocycles. The molecular weight excluding hydrogens is 552 g/mol. The van der Waals surface area contributed by atoms with Gasteiger partial charge < -0.3 is 4.90 Å². The highest BCUT2D eigenvalue weighted by Gasteiger charge is 2.17. The van der Waals surface area contributed by atoms with E-state index in [1.807, 2.05) is 12.1 Å². The zero-order valence-corrected chi connectivity index (χ0v) is 25.4. The zero-order valence-electron chi connectivity index (χ0n) is 24.6. The van der Waals surface area contributed by atoms with Crippen LogP contribution in [-0.2, 0) is 23.2 Å². The van der Waals surface area contributed by atoms with E-state index < -0.39 is 10.1 Å². The molecule has 0 heterocycles. The molecule has 6 heteroatoms. The highest BCUT2D eigenvalue weighted by Crippen LogP contribution is 2.32. The number of anilines is 1. The van der Waals surface area contributed by atoms with Crippen LogP contribution < -0.4 is 4.90 Å². The van der Waals surface area contributed by atoms with E-state index in [2.05, 4.69) is 120 Å². The summed E-state index contributed by atoms with van der Waals surface area (Å²) >= 11 is 0. The third-order valence-corrected chi connectivity index (χ3v) is 8.55. The van der Waals surface area contributed by atoms with Gasteiger partial charge in [0.2, 0.25) is 0 Å². The average molecular weight is 590 g/mol. The Morgan fingerprint density at radius 1 is 0.698 bits per heavy atom. The molecule has 0 unspecified atom stereocenters. The van der Waals surface area contributed by atoms with Gasteiger partial charge in [-0.3, -0.25) is 4.55 Å². The standard InChI is InChI=1S/C37H36N2O3S/c1-3-38(27-29-11-7-5-8-12-29)34-21-15-31(16-22-34)37(33-19-25-36(26-20-33)43(40,41)42)32-17-23-35(24-18-32)39(4-2)28-30-13-9-6-10-14-30/h5-26H,3-4,27-28H2,1-2H3/p+1. The van der Waals surface area contributed by atoms with Gasteiger partial charge in [0.15, 0.2) is 12.3 Å². The van der Waals surface area contributed by atoms with Gasteiger partial charge in [0.25, 0.3) is 10.1 Å². The normalized spacial score (nSPS) is 12.8. The fourth-order valence-electron chi connectivity index (χ4n) is 5.35. The maximum absolute atomic E-state index is 11.7. The van der Waals surface area contributed by atoms with Crippen molar-refractivity contribution in [1.82, 2.24) is 0 Å². The van der Waals surface area contributed by atoms with E-state index in [-0.39, 0.29) is 4.90 Å². The van der Waals surface area contributed by atoms with Gasteiger partial charge in [-0.05, 0) is 78.1 Å². The molecule has 0 saturated carbocycles. The number of nitrogens with zero attached hydrogens (tertiary/aromatic N) is 2. The van der Waals surface area contributed by atoms with E-state index in [0.717, 1.165) is 59.9 Å². The fourth-order valence-corrected chi connectivity index (χ4v) is 5.83. The first-order valence-corrected chi connectivity index (χ1v) is 16.0. The van der Waals surface area contributed by atoms with Crippen LogP contribution in [0.15, 0.2) is 144 Å². The Morgan fingerprint density at radius 3 is 1.74 bits per heavy atom. The molecule has 0 aromatic heterocycles. The predicted molar refractivity (Wildman–Crippen MR) is 176 cm³/mol. The molecule has 0 saturated heterocycles. The van der Waals surface area contributed by atoms with Crippen LogP contribution in [0, 0.1) is 0 Å². The second kappa shape index (κ2) is 13.6. The summed E-state index contributed by atoms with van der Waals surface area (Å²) < 4.78 is 35.3. The van der Waals surface area contributed by atoms with Gasteiger partial charge in [-0.2, -0.15) is 8.42 Å². The summed E-state index contributed by atoms with van der Waals surface area (Å²) in [7, 11) is -4.28. The summed E-state index contributed by atoms with van der Waals surface area (Å²) in [6.45, 7) is 7.71. The molecule has 1 aliphatic rings. The summed E-state index contributed by atoms with van der Waals surface area (Å²) in [5.74, 6) is 0. The maximum atomic E-state index is 11.7. The van der Waals surface area contributed by atoms with Crippen molar-refractivity contribution in [3.05, 3.63) is 161 Å². The van der Waals surface area contributed by atoms with Crippen LogP contribution in [0.2, 0.25) is 0 Å². The predicted octanol–water partition coefficient (Wildman–Crippen LogP) is 7.56. The molecule has 218 valence electrons. The molecule has 0 spiro atoms. The second-order valence-corrected chi connectivity index (χ2v) is 11.9. The van der Waals surface area contributed by atoms with Crippen molar-refractivity contribution < 1.29 is 17.5 Å². The van der Waals surface area contributed by atoms with Gasteiger partial charge in [-0.1, -0.05) is 84.9 Å². The average Bonchev–Trinajstić information content (AvgIpc) is 3.04. The molecule has 0 radical (unpaired) electrons. The monoisotopic (exact) mass is 589 g/mol. The molecule has 0 fully saturated rings. The Bertz CT molecular complexity index is 1750. The Hall–Kier alpha value is -4.52. The van der Waals surface area contributed by atoms with Crippen LogP contribution in [0.3, 0.4) is 0 Å². The number of benzene rings is 4. The van der Waals surface area contributed by atoms with Gasteiger partial charge in [-0.15, -0.1) is 0 Å². The van der Waals surface area contributed by atoms with Crippen molar-refractivity contribution in [1.29, 1.82) is 0 Å². The van der Waals surface area contributed by atoms with E-state index in [1.165, 1.54) is 23.3 Å². The van der Waals surface area contributed by atoms with Crippen molar-refractivity contribution in [2.24, 2.45) is 0 Å². The van der Waals surface area contributed by atoms with E-state index in [1.54, 1.807) is 12.1 Å². The Labute approximate surface area is 255 Å². The van der Waals surface area contributed by atoms with Crippen molar-refractivity contribution in [3.8, 4) is 0 Å². The summed E-state index contributed by atoms with van der Waals surface area (Å²) in [6.07, 6.45) is 8.52. The van der Waals surface area contributed by atoms with E-state index in [0.29, 0.717) is 0 Å². The lowest BCUT2D eigenvalue weighted by atomic mass is 9.90. The van der Waals surface area contributed by atoms with Gasteiger partial charge in [0.1, 0.15) is 6.54 Å². The molecule has 1 N–H and O–H groups in total. The number of rotatable bonds is 10. The molecule has 4 aromatic rings. The van der Waals surface area contributed by atoms with Gasteiger partial charge in [-0.25, -0.2) is 4.58 Å². The van der Waals surface area contributed by atoms with Crippen LogP contribution in [0.5, 0.6) is 0 Å². The lowest BCUT2D eigenvalue weighted by Crippen LogP contribution is -2.21. The molecular formula is C37H37N2O3S+. The molecule has 5 rings (SSSR count). The largest absolute Gasteiger partial charge is 0.367 e. The minimum Gasteiger partial charge on any atom is -0.367 e. The highest BCUT2D eigenvalue weighted by molar-refractivity contribution is 7.85. The van der Waals surface area contributed by atoms with E-state index >= 15 is 0 Å². The lowest BCUT2D eigenvalue weighted by molar-refractivity contribution is -0.539. The van der Waals surface area contributed by atoms with Crippen LogP contribution in [0.1, 0.15) is 36.1 Å². The summed E-state index contributed by atoms with van der Waals surface area (Å²) in [6, 6.07) is 35.8. The minimum atomic E-state index is -4.28. The molecule has 43 heavy (non-hydrogen) atoms. The second-order valence-electron chi connectivity index (χ2n) is 10.5. The van der Waals surface area contributed by atoms with Crippen LogP contribution in [0.4, 0.5) is 5.69 Å². The first-order chi connectivity index (χ1) is 20.9.